The SMILES string of the molecule is Cc1nc(N2CCN(CC3C=CC(F)=CC3)C2=O)sc1C(=O)O. The fraction of sp³-hybridized carbons (Fsp3) is 0.400. The van der Waals surface area contributed by atoms with E-state index in [0.29, 0.717) is 36.9 Å². The molecule has 1 aliphatic carbocycles. The van der Waals surface area contributed by atoms with E-state index in [1.807, 2.05) is 0 Å². The van der Waals surface area contributed by atoms with Crippen LogP contribution >= 0.6 is 11.3 Å². The van der Waals surface area contributed by atoms with Crippen molar-refractivity contribution in [3.05, 3.63) is 34.6 Å². The van der Waals surface area contributed by atoms with Crippen LogP contribution in [-0.4, -0.2) is 46.6 Å². The smallest absolute Gasteiger partial charge is 0.347 e. The van der Waals surface area contributed by atoms with Gasteiger partial charge in [0.15, 0.2) is 5.13 Å². The number of carbonyl (C=O) groups excluding carboxylic acids is 1. The first kappa shape index (κ1) is 15.7. The Hall–Kier alpha value is -2.22. The monoisotopic (exact) mass is 337 g/mol. The minimum Gasteiger partial charge on any atom is -0.477 e. The molecule has 1 aromatic rings. The number of aromatic carboxylic acids is 1. The van der Waals surface area contributed by atoms with Crippen molar-refractivity contribution < 1.29 is 19.1 Å². The number of urea groups is 1. The molecule has 0 bridgehead atoms. The zero-order valence-corrected chi connectivity index (χ0v) is 13.3. The zero-order chi connectivity index (χ0) is 16.6. The molecular weight excluding hydrogens is 321 g/mol. The van der Waals surface area contributed by atoms with Gasteiger partial charge in [-0.1, -0.05) is 17.4 Å². The number of thiazole rings is 1. The highest BCUT2D eigenvalue weighted by molar-refractivity contribution is 7.17. The van der Waals surface area contributed by atoms with Crippen LogP contribution in [0.4, 0.5) is 14.3 Å². The lowest BCUT2D eigenvalue weighted by Crippen LogP contribution is -2.34. The molecule has 1 N–H and O–H groups in total. The summed E-state index contributed by atoms with van der Waals surface area (Å²) in [5, 5.41) is 9.50. The van der Waals surface area contributed by atoms with E-state index in [9.17, 15) is 14.0 Å². The van der Waals surface area contributed by atoms with Gasteiger partial charge in [-0.25, -0.2) is 19.0 Å². The lowest BCUT2D eigenvalue weighted by molar-refractivity contribution is 0.0701. The van der Waals surface area contributed by atoms with Crippen LogP contribution in [0.15, 0.2) is 24.1 Å². The second kappa shape index (κ2) is 6.11. The number of nitrogens with zero attached hydrogens (tertiary/aromatic N) is 3. The Bertz CT molecular complexity index is 713. The lowest BCUT2D eigenvalue weighted by atomic mass is 10.00. The predicted molar refractivity (Wildman–Crippen MR) is 84.6 cm³/mol. The molecule has 0 spiro atoms. The Morgan fingerprint density at radius 1 is 1.52 bits per heavy atom. The quantitative estimate of drug-likeness (QED) is 0.917. The van der Waals surface area contributed by atoms with Crippen molar-refractivity contribution in [1.29, 1.82) is 0 Å². The van der Waals surface area contributed by atoms with Crippen molar-refractivity contribution >= 4 is 28.5 Å². The zero-order valence-electron chi connectivity index (χ0n) is 12.5. The molecule has 1 aromatic heterocycles. The number of hydrogen-bond donors (Lipinski definition) is 1. The molecule has 0 saturated carbocycles. The molecule has 6 nitrogen and oxygen atoms in total. The van der Waals surface area contributed by atoms with Gasteiger partial charge in [0.05, 0.1) is 5.69 Å². The van der Waals surface area contributed by atoms with Gasteiger partial charge in [-0.2, -0.15) is 0 Å². The van der Waals surface area contributed by atoms with E-state index < -0.39 is 5.97 Å². The molecule has 122 valence electrons. The van der Waals surface area contributed by atoms with Gasteiger partial charge in [0.2, 0.25) is 0 Å². The number of halogens is 1. The van der Waals surface area contributed by atoms with E-state index in [-0.39, 0.29) is 22.7 Å². The van der Waals surface area contributed by atoms with Gasteiger partial charge in [0, 0.05) is 19.6 Å². The van der Waals surface area contributed by atoms with Crippen molar-refractivity contribution in [3.63, 3.8) is 0 Å². The Morgan fingerprint density at radius 3 is 2.91 bits per heavy atom. The Balaban J connectivity index is 1.68. The Morgan fingerprint density at radius 2 is 2.30 bits per heavy atom. The molecule has 2 aliphatic rings. The maximum absolute atomic E-state index is 13.0. The maximum atomic E-state index is 13.0. The highest BCUT2D eigenvalue weighted by Crippen LogP contribution is 2.29. The topological polar surface area (TPSA) is 73.7 Å². The van der Waals surface area contributed by atoms with Crippen LogP contribution in [0.1, 0.15) is 21.8 Å². The number of rotatable bonds is 4. The van der Waals surface area contributed by atoms with E-state index in [1.54, 1.807) is 17.9 Å². The molecule has 1 fully saturated rings. The number of allylic oxidation sites excluding steroid dienone is 3. The normalized spacial score (nSPS) is 21.0. The van der Waals surface area contributed by atoms with E-state index in [1.165, 1.54) is 17.1 Å². The second-order valence-corrected chi connectivity index (χ2v) is 6.52. The molecule has 1 aliphatic heterocycles. The highest BCUT2D eigenvalue weighted by Gasteiger charge is 2.33. The van der Waals surface area contributed by atoms with Crippen molar-refractivity contribution in [1.82, 2.24) is 9.88 Å². The van der Waals surface area contributed by atoms with Gasteiger partial charge < -0.3 is 10.0 Å². The molecule has 1 atom stereocenters. The maximum Gasteiger partial charge on any atom is 0.347 e. The minimum atomic E-state index is -1.03. The summed E-state index contributed by atoms with van der Waals surface area (Å²) in [6.45, 7) is 3.17. The number of carboxylic acid groups (broad SMARTS) is 1. The number of amides is 2. The van der Waals surface area contributed by atoms with Gasteiger partial charge in [-0.3, -0.25) is 4.90 Å². The summed E-state index contributed by atoms with van der Waals surface area (Å²) in [4.78, 5) is 31.1. The van der Waals surface area contributed by atoms with E-state index in [4.69, 9.17) is 5.11 Å². The van der Waals surface area contributed by atoms with Crippen LogP contribution in [-0.2, 0) is 0 Å². The molecule has 8 heteroatoms. The summed E-state index contributed by atoms with van der Waals surface area (Å²) in [6, 6.07) is -0.181. The van der Waals surface area contributed by atoms with Crippen LogP contribution in [0.2, 0.25) is 0 Å². The van der Waals surface area contributed by atoms with Crippen LogP contribution in [0.25, 0.3) is 0 Å². The summed E-state index contributed by atoms with van der Waals surface area (Å²) in [6.07, 6.45) is 5.30. The number of aryl methyl sites for hydroxylation is 1. The molecule has 2 heterocycles. The molecule has 0 aromatic carbocycles. The van der Waals surface area contributed by atoms with Crippen LogP contribution in [0.5, 0.6) is 0 Å². The van der Waals surface area contributed by atoms with Gasteiger partial charge in [0.25, 0.3) is 0 Å². The fourth-order valence-corrected chi connectivity index (χ4v) is 3.61. The summed E-state index contributed by atoms with van der Waals surface area (Å²) < 4.78 is 13.0. The third-order valence-electron chi connectivity index (χ3n) is 3.90. The molecule has 1 unspecified atom stereocenters. The second-order valence-electron chi connectivity index (χ2n) is 5.54. The average molecular weight is 337 g/mol. The van der Waals surface area contributed by atoms with E-state index in [0.717, 1.165) is 11.3 Å². The largest absolute Gasteiger partial charge is 0.477 e. The first-order valence-corrected chi connectivity index (χ1v) is 8.08. The van der Waals surface area contributed by atoms with Crippen LogP contribution in [0.3, 0.4) is 0 Å². The Kier molecular flexibility index (Phi) is 4.16. The number of carbonyl (C=O) groups is 2. The van der Waals surface area contributed by atoms with Crippen molar-refractivity contribution in [3.8, 4) is 0 Å². The van der Waals surface area contributed by atoms with Crippen molar-refractivity contribution in [2.75, 3.05) is 24.5 Å². The first-order chi connectivity index (χ1) is 11.0. The number of hydrogen-bond acceptors (Lipinski definition) is 4. The predicted octanol–water partition coefficient (Wildman–Crippen LogP) is 2.82. The summed E-state index contributed by atoms with van der Waals surface area (Å²) in [7, 11) is 0. The van der Waals surface area contributed by atoms with Gasteiger partial charge in [-0.05, 0) is 31.4 Å². The number of aromatic nitrogens is 1. The van der Waals surface area contributed by atoms with Crippen molar-refractivity contribution in [2.45, 2.75) is 13.3 Å². The third kappa shape index (κ3) is 3.12. The summed E-state index contributed by atoms with van der Waals surface area (Å²) in [5.41, 5.74) is 0.416. The average Bonchev–Trinajstić information content (AvgIpc) is 3.05. The first-order valence-electron chi connectivity index (χ1n) is 7.26. The number of carboxylic acids is 1. The van der Waals surface area contributed by atoms with Crippen molar-refractivity contribution in [2.24, 2.45) is 5.92 Å². The van der Waals surface area contributed by atoms with Gasteiger partial charge in [0.1, 0.15) is 10.7 Å². The highest BCUT2D eigenvalue weighted by atomic mass is 32.1. The number of anilines is 1. The lowest BCUT2D eigenvalue weighted by Gasteiger charge is -2.22. The van der Waals surface area contributed by atoms with E-state index >= 15 is 0 Å². The van der Waals surface area contributed by atoms with E-state index in [2.05, 4.69) is 4.98 Å². The van der Waals surface area contributed by atoms with Gasteiger partial charge >= 0.3 is 12.0 Å². The van der Waals surface area contributed by atoms with Crippen LogP contribution < -0.4 is 4.90 Å². The fourth-order valence-electron chi connectivity index (χ4n) is 2.68. The minimum absolute atomic E-state index is 0.103. The molecule has 23 heavy (non-hydrogen) atoms. The van der Waals surface area contributed by atoms with Gasteiger partial charge in [-0.15, -0.1) is 0 Å². The molecule has 0 radical (unpaired) electrons. The summed E-state index contributed by atoms with van der Waals surface area (Å²) >= 11 is 1.01. The molecule has 1 saturated heterocycles. The summed E-state index contributed by atoms with van der Waals surface area (Å²) in [5.74, 6) is -1.17. The molecule has 2 amide bonds. The Labute approximate surface area is 136 Å². The molecular formula is C15H16FN3O3S. The molecule has 3 rings (SSSR count). The standard InChI is InChI=1S/C15H16FN3O3S/c1-9-12(13(20)21)23-14(17-9)19-7-6-18(15(19)22)8-10-2-4-11(16)5-3-10/h2,4-5,10H,3,6-8H2,1H3,(H,20,21). The van der Waals surface area contributed by atoms with Crippen LogP contribution in [0, 0.1) is 12.8 Å². The third-order valence-corrected chi connectivity index (χ3v) is 5.07.